The van der Waals surface area contributed by atoms with Crippen molar-refractivity contribution in [2.45, 2.75) is 45.4 Å². The lowest BCUT2D eigenvalue weighted by atomic mass is 9.97. The second kappa shape index (κ2) is 5.99. The Morgan fingerprint density at radius 3 is 2.54 bits per heavy atom. The number of fused-ring (bicyclic) bond motifs is 1. The lowest BCUT2D eigenvalue weighted by Gasteiger charge is -2.19. The van der Waals surface area contributed by atoms with E-state index < -0.39 is 9.84 Å². The normalized spacial score (nSPS) is 15.8. The zero-order valence-corrected chi connectivity index (χ0v) is 16.6. The molecule has 6 heteroatoms. The van der Waals surface area contributed by atoms with Crippen LogP contribution in [-0.2, 0) is 16.4 Å². The molecule has 0 atom stereocenters. The fourth-order valence-corrected chi connectivity index (χ4v) is 4.89. The number of nitrogens with zero attached hydrogens (tertiary/aromatic N) is 1. The third-order valence-electron chi connectivity index (χ3n) is 4.15. The van der Waals surface area contributed by atoms with Crippen LogP contribution in [0.3, 0.4) is 0 Å². The quantitative estimate of drug-likeness (QED) is 0.692. The molecule has 0 N–H and O–H groups in total. The van der Waals surface area contributed by atoms with E-state index in [0.717, 1.165) is 21.9 Å². The van der Waals surface area contributed by atoms with Crippen molar-refractivity contribution in [3.05, 3.63) is 34.4 Å². The Labute approximate surface area is 151 Å². The summed E-state index contributed by atoms with van der Waals surface area (Å²) < 4.78 is 27.3. The Kier molecular flexibility index (Phi) is 4.41. The molecular formula is C18H22BrNO3S. The minimum Gasteiger partial charge on any atom is -0.346 e. The standard InChI is InChI=1S/C18H22BrNO3S/c1-18(2,3)11-20-9-15(14-7-4-12(19)8-16(14)20)17(21)10-24(22,23)13-5-6-13/h4,7-9,13H,5-6,10-11H2,1-3H3. The molecule has 0 bridgehead atoms. The zero-order chi connectivity index (χ0) is 17.7. The molecule has 1 aromatic carbocycles. The van der Waals surface area contributed by atoms with Crippen LogP contribution in [0.15, 0.2) is 28.9 Å². The maximum atomic E-state index is 12.7. The van der Waals surface area contributed by atoms with E-state index in [1.165, 1.54) is 0 Å². The Morgan fingerprint density at radius 2 is 1.96 bits per heavy atom. The van der Waals surface area contributed by atoms with E-state index in [4.69, 9.17) is 0 Å². The van der Waals surface area contributed by atoms with Gasteiger partial charge in [-0.2, -0.15) is 0 Å². The highest BCUT2D eigenvalue weighted by Gasteiger charge is 2.37. The molecule has 0 spiro atoms. The first-order valence-electron chi connectivity index (χ1n) is 8.10. The summed E-state index contributed by atoms with van der Waals surface area (Å²) in [7, 11) is -3.31. The molecule has 3 rings (SSSR count). The van der Waals surface area contributed by atoms with Crippen molar-refractivity contribution in [1.29, 1.82) is 0 Å². The largest absolute Gasteiger partial charge is 0.346 e. The fraction of sp³-hybridized carbons (Fsp3) is 0.500. The minimum absolute atomic E-state index is 0.0503. The molecule has 1 heterocycles. The van der Waals surface area contributed by atoms with Gasteiger partial charge in [-0.15, -0.1) is 0 Å². The number of Topliss-reactive ketones (excluding diaryl/α,β-unsaturated/α-hetero) is 1. The van der Waals surface area contributed by atoms with Crippen molar-refractivity contribution in [3.8, 4) is 0 Å². The first kappa shape index (κ1) is 17.7. The zero-order valence-electron chi connectivity index (χ0n) is 14.2. The van der Waals surface area contributed by atoms with Crippen LogP contribution in [0.4, 0.5) is 0 Å². The second-order valence-electron chi connectivity index (χ2n) is 7.82. The van der Waals surface area contributed by atoms with Gasteiger partial charge in [-0.1, -0.05) is 42.8 Å². The van der Waals surface area contributed by atoms with Gasteiger partial charge in [-0.25, -0.2) is 8.42 Å². The molecule has 2 aromatic rings. The van der Waals surface area contributed by atoms with E-state index in [-0.39, 0.29) is 22.2 Å². The van der Waals surface area contributed by atoms with E-state index >= 15 is 0 Å². The molecule has 130 valence electrons. The van der Waals surface area contributed by atoms with E-state index in [1.54, 1.807) is 0 Å². The molecule has 1 fully saturated rings. The minimum atomic E-state index is -3.31. The second-order valence-corrected chi connectivity index (χ2v) is 11.0. The lowest BCUT2D eigenvalue weighted by Crippen LogP contribution is -2.19. The molecule has 1 aliphatic carbocycles. The van der Waals surface area contributed by atoms with Crippen molar-refractivity contribution < 1.29 is 13.2 Å². The molecule has 1 aromatic heterocycles. The molecule has 0 radical (unpaired) electrons. The van der Waals surface area contributed by atoms with Crippen LogP contribution in [0.5, 0.6) is 0 Å². The van der Waals surface area contributed by atoms with Crippen molar-refractivity contribution in [3.63, 3.8) is 0 Å². The van der Waals surface area contributed by atoms with Gasteiger partial charge < -0.3 is 4.57 Å². The van der Waals surface area contributed by atoms with Gasteiger partial charge in [0.2, 0.25) is 0 Å². The molecule has 0 saturated heterocycles. The summed E-state index contributed by atoms with van der Waals surface area (Å²) >= 11 is 3.47. The average molecular weight is 412 g/mol. The molecule has 0 aliphatic heterocycles. The first-order valence-corrected chi connectivity index (χ1v) is 10.6. The van der Waals surface area contributed by atoms with E-state index in [1.807, 2.05) is 24.4 Å². The maximum absolute atomic E-state index is 12.7. The van der Waals surface area contributed by atoms with Crippen molar-refractivity contribution in [1.82, 2.24) is 4.57 Å². The smallest absolute Gasteiger partial charge is 0.180 e. The predicted molar refractivity (Wildman–Crippen MR) is 100 cm³/mol. The van der Waals surface area contributed by atoms with Crippen molar-refractivity contribution in [2.75, 3.05) is 5.75 Å². The van der Waals surface area contributed by atoms with Crippen LogP contribution in [0.1, 0.15) is 44.0 Å². The van der Waals surface area contributed by atoms with Gasteiger partial charge in [0, 0.05) is 33.7 Å². The summed E-state index contributed by atoms with van der Waals surface area (Å²) in [6.45, 7) is 7.16. The van der Waals surface area contributed by atoms with Gasteiger partial charge in [0.15, 0.2) is 15.6 Å². The molecule has 1 saturated carbocycles. The van der Waals surface area contributed by atoms with Crippen LogP contribution >= 0.6 is 15.9 Å². The van der Waals surface area contributed by atoms with Crippen LogP contribution in [0.2, 0.25) is 0 Å². The van der Waals surface area contributed by atoms with Crippen LogP contribution in [0, 0.1) is 5.41 Å². The van der Waals surface area contributed by atoms with Crippen molar-refractivity contribution >= 4 is 42.5 Å². The van der Waals surface area contributed by atoms with Crippen molar-refractivity contribution in [2.24, 2.45) is 5.41 Å². The molecule has 0 amide bonds. The summed E-state index contributed by atoms with van der Waals surface area (Å²) in [4.78, 5) is 12.7. The summed E-state index contributed by atoms with van der Waals surface area (Å²) in [5.74, 6) is -0.690. The number of halogens is 1. The monoisotopic (exact) mass is 411 g/mol. The Bertz CT molecular complexity index is 902. The Morgan fingerprint density at radius 1 is 1.29 bits per heavy atom. The number of aromatic nitrogens is 1. The molecule has 0 unspecified atom stereocenters. The highest BCUT2D eigenvalue weighted by molar-refractivity contribution is 9.10. The van der Waals surface area contributed by atoms with Gasteiger partial charge in [0.05, 0.1) is 5.25 Å². The molecule has 24 heavy (non-hydrogen) atoms. The third-order valence-corrected chi connectivity index (χ3v) is 6.80. The van der Waals surface area contributed by atoms with E-state index in [0.29, 0.717) is 18.4 Å². The molecule has 1 aliphatic rings. The summed E-state index contributed by atoms with van der Waals surface area (Å²) in [6.07, 6.45) is 3.19. The topological polar surface area (TPSA) is 56.1 Å². The highest BCUT2D eigenvalue weighted by atomic mass is 79.9. The van der Waals surface area contributed by atoms with Crippen LogP contribution in [0.25, 0.3) is 10.9 Å². The maximum Gasteiger partial charge on any atom is 0.180 e. The lowest BCUT2D eigenvalue weighted by molar-refractivity contribution is 0.102. The number of ketones is 1. The SMILES string of the molecule is CC(C)(C)Cn1cc(C(=O)CS(=O)(=O)C2CC2)c2ccc(Br)cc21. The van der Waals surface area contributed by atoms with Crippen LogP contribution in [-0.4, -0.2) is 29.8 Å². The highest BCUT2D eigenvalue weighted by Crippen LogP contribution is 2.31. The fourth-order valence-electron chi connectivity index (χ4n) is 2.93. The number of sulfone groups is 1. The Hall–Kier alpha value is -1.14. The number of hydrogen-bond acceptors (Lipinski definition) is 3. The number of benzene rings is 1. The number of carbonyl (C=O) groups excluding carboxylic acids is 1. The summed E-state index contributed by atoms with van der Waals surface area (Å²) in [6, 6.07) is 5.75. The summed E-state index contributed by atoms with van der Waals surface area (Å²) in [5.41, 5.74) is 1.51. The summed E-state index contributed by atoms with van der Waals surface area (Å²) in [5, 5.41) is 0.511. The van der Waals surface area contributed by atoms with Gasteiger partial charge in [0.1, 0.15) is 5.75 Å². The number of carbonyl (C=O) groups is 1. The van der Waals surface area contributed by atoms with Gasteiger partial charge in [-0.3, -0.25) is 4.79 Å². The number of hydrogen-bond donors (Lipinski definition) is 0. The molecular weight excluding hydrogens is 390 g/mol. The van der Waals surface area contributed by atoms with E-state index in [9.17, 15) is 13.2 Å². The molecule has 4 nitrogen and oxygen atoms in total. The van der Waals surface area contributed by atoms with Gasteiger partial charge >= 0.3 is 0 Å². The number of rotatable bonds is 5. The third kappa shape index (κ3) is 3.75. The van der Waals surface area contributed by atoms with E-state index in [2.05, 4.69) is 41.3 Å². The van der Waals surface area contributed by atoms with Gasteiger partial charge in [-0.05, 0) is 30.4 Å². The average Bonchev–Trinajstić information content (AvgIpc) is 3.23. The Balaban J connectivity index is 2.02. The first-order chi connectivity index (χ1) is 11.1. The van der Waals surface area contributed by atoms with Crippen LogP contribution < -0.4 is 0 Å². The van der Waals surface area contributed by atoms with Gasteiger partial charge in [0.25, 0.3) is 0 Å². The predicted octanol–water partition coefficient (Wildman–Crippen LogP) is 4.21.